The molecule has 0 saturated heterocycles. The van der Waals surface area contributed by atoms with Crippen molar-refractivity contribution in [1.29, 1.82) is 0 Å². The summed E-state index contributed by atoms with van der Waals surface area (Å²) >= 11 is 0. The molecule has 0 fully saturated rings. The lowest BCUT2D eigenvalue weighted by atomic mass is 9.98. The van der Waals surface area contributed by atoms with E-state index in [0.29, 0.717) is 17.6 Å². The van der Waals surface area contributed by atoms with Crippen LogP contribution in [0, 0.1) is 0 Å². The van der Waals surface area contributed by atoms with E-state index in [2.05, 4.69) is 11.9 Å². The second-order valence-corrected chi connectivity index (χ2v) is 7.49. The summed E-state index contributed by atoms with van der Waals surface area (Å²) in [6, 6.07) is 17.3. The van der Waals surface area contributed by atoms with Gasteiger partial charge in [0.2, 0.25) is 0 Å². The number of hydrogen-bond acceptors (Lipinski definition) is 4. The zero-order valence-corrected chi connectivity index (χ0v) is 17.7. The number of pyridine rings is 1. The van der Waals surface area contributed by atoms with Crippen molar-refractivity contribution in [3.63, 3.8) is 0 Å². The first-order valence-electron chi connectivity index (χ1n) is 10.5. The molecule has 0 radical (unpaired) electrons. The highest BCUT2D eigenvalue weighted by Gasteiger charge is 2.15. The average Bonchev–Trinajstić information content (AvgIpc) is 3.16. The van der Waals surface area contributed by atoms with E-state index in [1.165, 1.54) is 7.11 Å². The zero-order valence-electron chi connectivity index (χ0n) is 17.7. The monoisotopic (exact) mass is 415 g/mol. The molecule has 0 saturated carbocycles. The molecule has 4 aromatic rings. The third-order valence-electron chi connectivity index (χ3n) is 5.44. The summed E-state index contributed by atoms with van der Waals surface area (Å²) < 4.78 is 6.92. The van der Waals surface area contributed by atoms with Gasteiger partial charge in [0.05, 0.1) is 18.2 Å². The van der Waals surface area contributed by atoms with Crippen molar-refractivity contribution in [2.45, 2.75) is 32.7 Å². The van der Waals surface area contributed by atoms with Gasteiger partial charge in [-0.3, -0.25) is 4.79 Å². The summed E-state index contributed by atoms with van der Waals surface area (Å²) in [6.07, 6.45) is 4.55. The second-order valence-electron chi connectivity index (χ2n) is 7.49. The molecule has 6 heteroatoms. The molecule has 1 N–H and O–H groups in total. The van der Waals surface area contributed by atoms with E-state index >= 15 is 0 Å². The molecule has 0 amide bonds. The number of unbranched alkanes of at least 4 members (excludes halogenated alkanes) is 1. The molecule has 2 aromatic carbocycles. The normalized spacial score (nSPS) is 11.0. The predicted octanol–water partition coefficient (Wildman–Crippen LogP) is 4.57. The lowest BCUT2D eigenvalue weighted by Crippen LogP contribution is -2.13. The number of imidazole rings is 1. The number of carbonyl (C=O) groups is 1. The van der Waals surface area contributed by atoms with Gasteiger partial charge in [0.1, 0.15) is 11.3 Å². The predicted molar refractivity (Wildman–Crippen MR) is 121 cm³/mol. The third-order valence-corrected chi connectivity index (χ3v) is 5.44. The molecule has 2 heterocycles. The van der Waals surface area contributed by atoms with Crippen LogP contribution in [-0.4, -0.2) is 27.6 Å². The summed E-state index contributed by atoms with van der Waals surface area (Å²) in [5, 5.41) is 0. The maximum absolute atomic E-state index is 12.5. The number of aromatic amines is 1. The maximum Gasteiger partial charge on any atom is 0.338 e. The Balaban J connectivity index is 1.69. The van der Waals surface area contributed by atoms with Crippen LogP contribution in [0.3, 0.4) is 0 Å². The summed E-state index contributed by atoms with van der Waals surface area (Å²) in [4.78, 5) is 32.1. The van der Waals surface area contributed by atoms with Crippen molar-refractivity contribution in [3.8, 4) is 11.1 Å². The number of benzene rings is 2. The fourth-order valence-corrected chi connectivity index (χ4v) is 3.83. The van der Waals surface area contributed by atoms with E-state index in [4.69, 9.17) is 9.72 Å². The number of methoxy groups -OCH3 is 1. The minimum absolute atomic E-state index is 0.128. The molecule has 0 aliphatic heterocycles. The smallest absolute Gasteiger partial charge is 0.338 e. The summed E-state index contributed by atoms with van der Waals surface area (Å²) in [5.41, 5.74) is 4.55. The van der Waals surface area contributed by atoms with E-state index < -0.39 is 0 Å². The van der Waals surface area contributed by atoms with Crippen molar-refractivity contribution in [1.82, 2.24) is 14.5 Å². The number of aryl methyl sites for hydroxylation is 1. The molecule has 6 nitrogen and oxygen atoms in total. The Bertz CT molecular complexity index is 1270. The lowest BCUT2D eigenvalue weighted by Gasteiger charge is -2.11. The van der Waals surface area contributed by atoms with E-state index in [1.807, 2.05) is 53.1 Å². The molecule has 0 spiro atoms. The Morgan fingerprint density at radius 2 is 1.87 bits per heavy atom. The molecule has 0 atom stereocenters. The number of hydrogen-bond donors (Lipinski definition) is 1. The Kier molecular flexibility index (Phi) is 5.98. The van der Waals surface area contributed by atoms with Gasteiger partial charge in [0.25, 0.3) is 5.56 Å². The Morgan fingerprint density at radius 1 is 1.10 bits per heavy atom. The van der Waals surface area contributed by atoms with Crippen molar-refractivity contribution >= 4 is 17.0 Å². The van der Waals surface area contributed by atoms with E-state index in [1.54, 1.807) is 12.3 Å². The first kappa shape index (κ1) is 20.6. The Morgan fingerprint density at radius 3 is 2.61 bits per heavy atom. The van der Waals surface area contributed by atoms with E-state index in [0.717, 1.165) is 47.3 Å². The molecule has 4 rings (SSSR count). The molecular weight excluding hydrogens is 390 g/mol. The Hall–Kier alpha value is -3.67. The van der Waals surface area contributed by atoms with Crippen LogP contribution in [0.5, 0.6) is 0 Å². The minimum Gasteiger partial charge on any atom is -0.465 e. The highest BCUT2D eigenvalue weighted by Crippen LogP contribution is 2.25. The summed E-state index contributed by atoms with van der Waals surface area (Å²) in [7, 11) is 1.38. The number of nitrogens with zero attached hydrogens (tertiary/aromatic N) is 2. The highest BCUT2D eigenvalue weighted by atomic mass is 16.5. The second kappa shape index (κ2) is 9.00. The topological polar surface area (TPSA) is 77.0 Å². The molecule has 0 aliphatic rings. The maximum atomic E-state index is 12.5. The van der Waals surface area contributed by atoms with Crippen LogP contribution in [-0.2, 0) is 17.7 Å². The van der Waals surface area contributed by atoms with Gasteiger partial charge in [0, 0.05) is 19.2 Å². The first-order valence-corrected chi connectivity index (χ1v) is 10.5. The molecule has 2 aromatic heterocycles. The van der Waals surface area contributed by atoms with Gasteiger partial charge in [0.15, 0.2) is 0 Å². The van der Waals surface area contributed by atoms with Crippen LogP contribution in [0.2, 0.25) is 0 Å². The fraction of sp³-hybridized carbons (Fsp3) is 0.240. The SMILES string of the molecule is CCCCc1nc2cc[nH]c(=O)c2n1Cc1ccc(-c2ccccc2C(=O)OC)cc1. The van der Waals surface area contributed by atoms with E-state index in [-0.39, 0.29) is 11.5 Å². The van der Waals surface area contributed by atoms with E-state index in [9.17, 15) is 9.59 Å². The van der Waals surface area contributed by atoms with Crippen LogP contribution in [0.4, 0.5) is 0 Å². The molecule has 0 unspecified atom stereocenters. The van der Waals surface area contributed by atoms with Crippen molar-refractivity contribution in [2.75, 3.05) is 7.11 Å². The van der Waals surface area contributed by atoms with Crippen LogP contribution in [0.25, 0.3) is 22.2 Å². The largest absolute Gasteiger partial charge is 0.465 e. The summed E-state index contributed by atoms with van der Waals surface area (Å²) in [5.74, 6) is 0.568. The number of carbonyl (C=O) groups excluding carboxylic acids is 1. The van der Waals surface area contributed by atoms with Gasteiger partial charge < -0.3 is 14.3 Å². The molecule has 158 valence electrons. The van der Waals surface area contributed by atoms with Gasteiger partial charge in [-0.05, 0) is 35.2 Å². The van der Waals surface area contributed by atoms with Crippen molar-refractivity contribution < 1.29 is 9.53 Å². The zero-order chi connectivity index (χ0) is 21.8. The van der Waals surface area contributed by atoms with Crippen LogP contribution in [0.15, 0.2) is 65.6 Å². The van der Waals surface area contributed by atoms with Crippen molar-refractivity contribution in [2.24, 2.45) is 0 Å². The van der Waals surface area contributed by atoms with Gasteiger partial charge in [-0.15, -0.1) is 0 Å². The van der Waals surface area contributed by atoms with Gasteiger partial charge in [-0.2, -0.15) is 0 Å². The number of esters is 1. The standard InChI is InChI=1S/C25H25N3O3/c1-3-4-9-22-27-21-14-15-26-24(29)23(21)28(22)16-17-10-12-18(13-11-17)19-7-5-6-8-20(19)25(30)31-2/h5-8,10-15H,3-4,9,16H2,1-2H3,(H,26,29). The number of ether oxygens (including phenoxy) is 1. The number of H-pyrrole nitrogens is 1. The van der Waals surface area contributed by atoms with Crippen LogP contribution in [0.1, 0.15) is 41.5 Å². The minimum atomic E-state index is -0.357. The quantitative estimate of drug-likeness (QED) is 0.449. The van der Waals surface area contributed by atoms with Crippen LogP contribution < -0.4 is 5.56 Å². The average molecular weight is 415 g/mol. The third kappa shape index (κ3) is 4.14. The molecule has 31 heavy (non-hydrogen) atoms. The number of nitrogens with one attached hydrogen (secondary N) is 1. The van der Waals surface area contributed by atoms with Gasteiger partial charge in [-0.1, -0.05) is 55.8 Å². The molecule has 0 aliphatic carbocycles. The summed E-state index contributed by atoms with van der Waals surface area (Å²) in [6.45, 7) is 2.70. The van der Waals surface area contributed by atoms with Gasteiger partial charge in [-0.25, -0.2) is 9.78 Å². The van der Waals surface area contributed by atoms with Crippen molar-refractivity contribution in [3.05, 3.63) is 88.1 Å². The van der Waals surface area contributed by atoms with Crippen LogP contribution >= 0.6 is 0 Å². The Labute approximate surface area is 180 Å². The van der Waals surface area contributed by atoms with Gasteiger partial charge >= 0.3 is 5.97 Å². The number of aromatic nitrogens is 3. The number of fused-ring (bicyclic) bond motifs is 1. The first-order chi connectivity index (χ1) is 15.1. The number of rotatable bonds is 7. The fourth-order valence-electron chi connectivity index (χ4n) is 3.83. The lowest BCUT2D eigenvalue weighted by molar-refractivity contribution is 0.0601. The molecular formula is C25H25N3O3. The molecule has 0 bridgehead atoms. The highest BCUT2D eigenvalue weighted by molar-refractivity contribution is 5.97.